The standard InChI is InChI=1S/C20H13BrN2/c21-13-10-11-16-18(12-13)23(14-6-2-1-3-7-14)20-15-8-4-5-9-17(15)22-19(16)20/h1-12,22H. The van der Waals surface area contributed by atoms with Crippen LogP contribution in [0.3, 0.4) is 0 Å². The van der Waals surface area contributed by atoms with Gasteiger partial charge in [-0.05, 0) is 36.4 Å². The quantitative estimate of drug-likeness (QED) is 0.376. The minimum Gasteiger partial charge on any atom is -0.353 e. The molecule has 3 heteroatoms. The summed E-state index contributed by atoms with van der Waals surface area (Å²) in [7, 11) is 0. The number of hydrogen-bond acceptors (Lipinski definition) is 0. The van der Waals surface area contributed by atoms with E-state index in [0.717, 1.165) is 4.47 Å². The van der Waals surface area contributed by atoms with Crippen molar-refractivity contribution in [3.05, 3.63) is 77.3 Å². The van der Waals surface area contributed by atoms with E-state index in [9.17, 15) is 0 Å². The molecule has 2 aromatic heterocycles. The number of H-pyrrole nitrogens is 1. The molecule has 2 heterocycles. The van der Waals surface area contributed by atoms with E-state index in [0.29, 0.717) is 0 Å². The molecular weight excluding hydrogens is 348 g/mol. The molecule has 5 aromatic rings. The molecule has 0 spiro atoms. The van der Waals surface area contributed by atoms with Crippen LogP contribution in [0.25, 0.3) is 38.5 Å². The Balaban J connectivity index is 2.08. The van der Waals surface area contributed by atoms with Crippen LogP contribution >= 0.6 is 15.9 Å². The van der Waals surface area contributed by atoms with Crippen molar-refractivity contribution >= 4 is 48.8 Å². The summed E-state index contributed by atoms with van der Waals surface area (Å²) in [6.45, 7) is 0. The fourth-order valence-corrected chi connectivity index (χ4v) is 3.77. The zero-order valence-corrected chi connectivity index (χ0v) is 13.8. The summed E-state index contributed by atoms with van der Waals surface area (Å²) in [6.07, 6.45) is 0. The molecule has 0 atom stereocenters. The van der Waals surface area contributed by atoms with Gasteiger partial charge in [0.25, 0.3) is 0 Å². The topological polar surface area (TPSA) is 20.7 Å². The normalized spacial score (nSPS) is 11.7. The summed E-state index contributed by atoms with van der Waals surface area (Å²) in [5.74, 6) is 0. The molecule has 0 aliphatic carbocycles. The zero-order valence-electron chi connectivity index (χ0n) is 12.3. The van der Waals surface area contributed by atoms with E-state index in [1.807, 2.05) is 0 Å². The first-order valence-electron chi connectivity index (χ1n) is 7.59. The molecule has 0 saturated heterocycles. The van der Waals surface area contributed by atoms with Crippen LogP contribution in [-0.2, 0) is 0 Å². The summed E-state index contributed by atoms with van der Waals surface area (Å²) in [4.78, 5) is 3.59. The van der Waals surface area contributed by atoms with Crippen LogP contribution in [0.4, 0.5) is 0 Å². The second-order valence-electron chi connectivity index (χ2n) is 5.73. The van der Waals surface area contributed by atoms with Gasteiger partial charge in [0, 0.05) is 26.4 Å². The Kier molecular flexibility index (Phi) is 2.67. The van der Waals surface area contributed by atoms with Gasteiger partial charge in [-0.3, -0.25) is 0 Å². The molecule has 0 aliphatic heterocycles. The molecule has 0 bridgehead atoms. The number of rotatable bonds is 1. The van der Waals surface area contributed by atoms with E-state index >= 15 is 0 Å². The van der Waals surface area contributed by atoms with E-state index in [1.54, 1.807) is 0 Å². The fourth-order valence-electron chi connectivity index (χ4n) is 3.42. The molecule has 23 heavy (non-hydrogen) atoms. The lowest BCUT2D eigenvalue weighted by Gasteiger charge is -2.07. The number of nitrogens with zero attached hydrogens (tertiary/aromatic N) is 1. The molecule has 0 unspecified atom stereocenters. The first-order chi connectivity index (χ1) is 11.3. The van der Waals surface area contributed by atoms with Crippen molar-refractivity contribution in [3.8, 4) is 5.69 Å². The van der Waals surface area contributed by atoms with Crippen LogP contribution in [0.1, 0.15) is 0 Å². The Hall–Kier alpha value is -2.52. The highest BCUT2D eigenvalue weighted by molar-refractivity contribution is 9.10. The van der Waals surface area contributed by atoms with Crippen LogP contribution in [0.15, 0.2) is 77.3 Å². The number of aromatic nitrogens is 2. The molecule has 5 rings (SSSR count). The van der Waals surface area contributed by atoms with Gasteiger partial charge in [-0.25, -0.2) is 0 Å². The predicted octanol–water partition coefficient (Wildman–Crippen LogP) is 6.03. The van der Waals surface area contributed by atoms with Gasteiger partial charge in [-0.15, -0.1) is 0 Å². The van der Waals surface area contributed by atoms with Gasteiger partial charge in [0.2, 0.25) is 0 Å². The third-order valence-electron chi connectivity index (χ3n) is 4.39. The van der Waals surface area contributed by atoms with Gasteiger partial charge in [-0.1, -0.05) is 52.3 Å². The van der Waals surface area contributed by atoms with Gasteiger partial charge in [0.05, 0.1) is 16.6 Å². The van der Waals surface area contributed by atoms with E-state index in [4.69, 9.17) is 0 Å². The first-order valence-corrected chi connectivity index (χ1v) is 8.38. The average Bonchev–Trinajstić information content (AvgIpc) is 3.09. The summed E-state index contributed by atoms with van der Waals surface area (Å²) in [5, 5.41) is 2.49. The second kappa shape index (κ2) is 4.74. The molecular formula is C20H13BrN2. The van der Waals surface area contributed by atoms with Gasteiger partial charge in [-0.2, -0.15) is 0 Å². The molecule has 3 aromatic carbocycles. The van der Waals surface area contributed by atoms with Crippen molar-refractivity contribution in [2.45, 2.75) is 0 Å². The monoisotopic (exact) mass is 360 g/mol. The highest BCUT2D eigenvalue weighted by Crippen LogP contribution is 2.37. The highest BCUT2D eigenvalue weighted by Gasteiger charge is 2.16. The zero-order chi connectivity index (χ0) is 15.4. The summed E-state index contributed by atoms with van der Waals surface area (Å²) in [6, 6.07) is 25.5. The van der Waals surface area contributed by atoms with Crippen LogP contribution in [0.5, 0.6) is 0 Å². The van der Waals surface area contributed by atoms with Crippen LogP contribution < -0.4 is 0 Å². The minimum atomic E-state index is 1.09. The Bertz CT molecular complexity index is 1170. The van der Waals surface area contributed by atoms with E-state index in [-0.39, 0.29) is 0 Å². The average molecular weight is 361 g/mol. The van der Waals surface area contributed by atoms with Crippen molar-refractivity contribution in [1.29, 1.82) is 0 Å². The number of benzene rings is 3. The van der Waals surface area contributed by atoms with Gasteiger partial charge >= 0.3 is 0 Å². The number of nitrogens with one attached hydrogen (secondary N) is 1. The maximum absolute atomic E-state index is 3.61. The molecule has 0 radical (unpaired) electrons. The smallest absolute Gasteiger partial charge is 0.0797 e. The molecule has 2 nitrogen and oxygen atoms in total. The number of aromatic amines is 1. The van der Waals surface area contributed by atoms with Gasteiger partial charge in [0.1, 0.15) is 0 Å². The fraction of sp³-hybridized carbons (Fsp3) is 0. The maximum atomic E-state index is 3.61. The van der Waals surface area contributed by atoms with Crippen LogP contribution in [0, 0.1) is 0 Å². The molecule has 0 fully saturated rings. The van der Waals surface area contributed by atoms with E-state index < -0.39 is 0 Å². The highest BCUT2D eigenvalue weighted by atomic mass is 79.9. The molecule has 110 valence electrons. The lowest BCUT2D eigenvalue weighted by Crippen LogP contribution is -1.92. The maximum Gasteiger partial charge on any atom is 0.0797 e. The van der Waals surface area contributed by atoms with Crippen molar-refractivity contribution in [2.24, 2.45) is 0 Å². The number of hydrogen-bond donors (Lipinski definition) is 1. The number of para-hydroxylation sites is 2. The van der Waals surface area contributed by atoms with Crippen molar-refractivity contribution in [2.75, 3.05) is 0 Å². The van der Waals surface area contributed by atoms with Crippen molar-refractivity contribution < 1.29 is 0 Å². The summed E-state index contributed by atoms with van der Waals surface area (Å²) >= 11 is 3.61. The lowest BCUT2D eigenvalue weighted by atomic mass is 10.2. The number of halogens is 1. The van der Waals surface area contributed by atoms with Gasteiger partial charge in [0.15, 0.2) is 0 Å². The minimum absolute atomic E-state index is 1.09. The summed E-state index contributed by atoms with van der Waals surface area (Å²) < 4.78 is 3.43. The largest absolute Gasteiger partial charge is 0.353 e. The molecule has 0 amide bonds. The Morgan fingerprint density at radius 3 is 2.43 bits per heavy atom. The summed E-state index contributed by atoms with van der Waals surface area (Å²) in [5.41, 5.74) is 5.98. The third-order valence-corrected chi connectivity index (χ3v) is 4.88. The Morgan fingerprint density at radius 1 is 0.783 bits per heavy atom. The Morgan fingerprint density at radius 2 is 1.57 bits per heavy atom. The van der Waals surface area contributed by atoms with Gasteiger partial charge < -0.3 is 9.55 Å². The van der Waals surface area contributed by atoms with Crippen LogP contribution in [-0.4, -0.2) is 9.55 Å². The van der Waals surface area contributed by atoms with E-state index in [2.05, 4.69) is 98.3 Å². The van der Waals surface area contributed by atoms with Crippen molar-refractivity contribution in [1.82, 2.24) is 9.55 Å². The second-order valence-corrected chi connectivity index (χ2v) is 6.64. The Labute approximate surface area is 141 Å². The van der Waals surface area contributed by atoms with Crippen molar-refractivity contribution in [3.63, 3.8) is 0 Å². The number of fused-ring (bicyclic) bond motifs is 5. The SMILES string of the molecule is Brc1ccc2c3[nH]c4ccccc4c3n(-c3ccccc3)c2c1. The predicted molar refractivity (Wildman–Crippen MR) is 100 cm³/mol. The van der Waals surface area contributed by atoms with Crippen LogP contribution in [0.2, 0.25) is 0 Å². The molecule has 1 N–H and O–H groups in total. The third kappa shape index (κ3) is 1.80. The lowest BCUT2D eigenvalue weighted by molar-refractivity contribution is 1.19. The first kappa shape index (κ1) is 13.0. The molecule has 0 saturated carbocycles. The molecule has 0 aliphatic rings. The van der Waals surface area contributed by atoms with E-state index in [1.165, 1.54) is 38.5 Å².